The van der Waals surface area contributed by atoms with Crippen molar-refractivity contribution in [3.63, 3.8) is 0 Å². The number of nitrogens with zero attached hydrogens (tertiary/aromatic N) is 2. The Kier molecular flexibility index (Phi) is 7.54. The first kappa shape index (κ1) is 13.5. The second-order valence-electron chi connectivity index (χ2n) is 3.47. The average molecular weight is 198 g/mol. The van der Waals surface area contributed by atoms with Gasteiger partial charge in [0.05, 0.1) is 5.84 Å². The van der Waals surface area contributed by atoms with Gasteiger partial charge in [0.15, 0.2) is 0 Å². The Morgan fingerprint density at radius 1 is 1.36 bits per heavy atom. The van der Waals surface area contributed by atoms with Crippen molar-refractivity contribution in [2.75, 3.05) is 13.1 Å². The van der Waals surface area contributed by atoms with Crippen molar-refractivity contribution in [1.82, 2.24) is 4.90 Å². The monoisotopic (exact) mass is 198 g/mol. The fourth-order valence-corrected chi connectivity index (χ4v) is 1.90. The van der Waals surface area contributed by atoms with E-state index in [2.05, 4.69) is 30.7 Å². The van der Waals surface area contributed by atoms with Crippen molar-refractivity contribution in [3.8, 4) is 0 Å². The van der Waals surface area contributed by atoms with E-state index in [0.717, 1.165) is 12.6 Å². The van der Waals surface area contributed by atoms with E-state index in [0.29, 0.717) is 0 Å². The lowest BCUT2D eigenvalue weighted by Gasteiger charge is -2.35. The molecule has 0 aromatic heterocycles. The molecular formula is C12H26N2. The second-order valence-corrected chi connectivity index (χ2v) is 3.47. The van der Waals surface area contributed by atoms with Crippen molar-refractivity contribution >= 4 is 5.84 Å². The summed E-state index contributed by atoms with van der Waals surface area (Å²) in [4.78, 5) is 6.93. The molecular weight excluding hydrogens is 172 g/mol. The van der Waals surface area contributed by atoms with Crippen molar-refractivity contribution < 1.29 is 0 Å². The molecule has 14 heavy (non-hydrogen) atoms. The molecule has 0 fully saturated rings. The van der Waals surface area contributed by atoms with Gasteiger partial charge in [-0.1, -0.05) is 27.7 Å². The summed E-state index contributed by atoms with van der Waals surface area (Å²) in [6.07, 6.45) is 3.73. The number of hydrogen-bond acceptors (Lipinski definition) is 2. The van der Waals surface area contributed by atoms with Crippen molar-refractivity contribution in [3.05, 3.63) is 0 Å². The fourth-order valence-electron chi connectivity index (χ4n) is 1.90. The van der Waals surface area contributed by atoms with E-state index in [-0.39, 0.29) is 0 Å². The van der Waals surface area contributed by atoms with Gasteiger partial charge in [0, 0.05) is 19.1 Å². The van der Waals surface area contributed by atoms with Crippen LogP contribution < -0.4 is 0 Å². The largest absolute Gasteiger partial charge is 0.358 e. The van der Waals surface area contributed by atoms with Crippen LogP contribution in [0.15, 0.2) is 4.99 Å². The van der Waals surface area contributed by atoms with Crippen LogP contribution >= 0.6 is 0 Å². The quantitative estimate of drug-likeness (QED) is 0.679. The fraction of sp³-hybridized carbons (Fsp3) is 0.917. The van der Waals surface area contributed by atoms with Gasteiger partial charge >= 0.3 is 0 Å². The Labute approximate surface area is 89.4 Å². The Bertz CT molecular complexity index is 164. The maximum Gasteiger partial charge on any atom is 0.0960 e. The molecule has 0 N–H and O–H groups in total. The molecule has 0 aliphatic carbocycles. The standard InChI is InChI=1S/C10H20N2.C2H6/c1-4-8-12-9(3)11-7-6-10(12)5-2;1-2/h10H,4-8H2,1-3H3;1-2H3. The van der Waals surface area contributed by atoms with E-state index >= 15 is 0 Å². The average Bonchev–Trinajstić information content (AvgIpc) is 2.24. The van der Waals surface area contributed by atoms with Gasteiger partial charge in [0.1, 0.15) is 0 Å². The molecule has 0 aromatic rings. The molecule has 0 saturated heterocycles. The molecule has 84 valence electrons. The summed E-state index contributed by atoms with van der Waals surface area (Å²) in [5.41, 5.74) is 0. The van der Waals surface area contributed by atoms with Crippen LogP contribution in [0.3, 0.4) is 0 Å². The SMILES string of the molecule is CC.CCCN1C(C)=NCCC1CC. The van der Waals surface area contributed by atoms with Crippen LogP contribution in [0.1, 0.15) is 53.9 Å². The number of amidine groups is 1. The molecule has 1 aliphatic rings. The Balaban J connectivity index is 0.000000791. The van der Waals surface area contributed by atoms with Crippen LogP contribution in [0, 0.1) is 0 Å². The van der Waals surface area contributed by atoms with Gasteiger partial charge in [0.25, 0.3) is 0 Å². The normalized spacial score (nSPS) is 21.1. The van der Waals surface area contributed by atoms with Crippen LogP contribution in [-0.2, 0) is 0 Å². The summed E-state index contributed by atoms with van der Waals surface area (Å²) < 4.78 is 0. The third-order valence-corrected chi connectivity index (χ3v) is 2.60. The van der Waals surface area contributed by atoms with Gasteiger partial charge < -0.3 is 4.90 Å². The van der Waals surface area contributed by atoms with Gasteiger partial charge in [-0.05, 0) is 26.2 Å². The van der Waals surface area contributed by atoms with E-state index in [1.54, 1.807) is 0 Å². The van der Waals surface area contributed by atoms with E-state index in [1.165, 1.54) is 31.6 Å². The molecule has 0 bridgehead atoms. The lowest BCUT2D eigenvalue weighted by atomic mass is 10.1. The highest BCUT2D eigenvalue weighted by Crippen LogP contribution is 2.15. The van der Waals surface area contributed by atoms with Gasteiger partial charge in [-0.3, -0.25) is 4.99 Å². The minimum Gasteiger partial charge on any atom is -0.358 e. The van der Waals surface area contributed by atoms with Crippen molar-refractivity contribution in [1.29, 1.82) is 0 Å². The first-order valence-electron chi connectivity index (χ1n) is 6.07. The van der Waals surface area contributed by atoms with Gasteiger partial charge in [0.2, 0.25) is 0 Å². The predicted molar refractivity (Wildman–Crippen MR) is 65.0 cm³/mol. The lowest BCUT2D eigenvalue weighted by Crippen LogP contribution is -2.42. The minimum absolute atomic E-state index is 0.752. The Hall–Kier alpha value is -0.530. The first-order chi connectivity index (χ1) is 6.79. The molecule has 0 amide bonds. The highest BCUT2D eigenvalue weighted by molar-refractivity contribution is 5.80. The molecule has 2 nitrogen and oxygen atoms in total. The van der Waals surface area contributed by atoms with Gasteiger partial charge in [-0.15, -0.1) is 0 Å². The van der Waals surface area contributed by atoms with E-state index in [1.807, 2.05) is 13.8 Å². The third kappa shape index (κ3) is 3.69. The van der Waals surface area contributed by atoms with Crippen LogP contribution in [0.2, 0.25) is 0 Å². The molecule has 1 heterocycles. The zero-order valence-electron chi connectivity index (χ0n) is 10.5. The van der Waals surface area contributed by atoms with Crippen molar-refractivity contribution in [2.45, 2.75) is 59.9 Å². The first-order valence-corrected chi connectivity index (χ1v) is 6.07. The molecule has 1 unspecified atom stereocenters. The molecule has 1 atom stereocenters. The van der Waals surface area contributed by atoms with Crippen LogP contribution in [0.25, 0.3) is 0 Å². The second kappa shape index (κ2) is 7.84. The number of rotatable bonds is 3. The third-order valence-electron chi connectivity index (χ3n) is 2.60. The zero-order chi connectivity index (χ0) is 11.0. The Morgan fingerprint density at radius 2 is 2.00 bits per heavy atom. The van der Waals surface area contributed by atoms with Crippen LogP contribution in [0.5, 0.6) is 0 Å². The molecule has 1 rings (SSSR count). The summed E-state index contributed by atoms with van der Waals surface area (Å²) in [5, 5.41) is 0. The van der Waals surface area contributed by atoms with E-state index < -0.39 is 0 Å². The van der Waals surface area contributed by atoms with Gasteiger partial charge in [-0.2, -0.15) is 0 Å². The molecule has 0 saturated carbocycles. The van der Waals surface area contributed by atoms with Crippen LogP contribution in [-0.4, -0.2) is 29.9 Å². The van der Waals surface area contributed by atoms with E-state index in [4.69, 9.17) is 0 Å². The molecule has 2 heteroatoms. The zero-order valence-corrected chi connectivity index (χ0v) is 10.5. The van der Waals surface area contributed by atoms with E-state index in [9.17, 15) is 0 Å². The lowest BCUT2D eigenvalue weighted by molar-refractivity contribution is 0.274. The number of hydrogen-bond donors (Lipinski definition) is 0. The van der Waals surface area contributed by atoms with Gasteiger partial charge in [-0.25, -0.2) is 0 Å². The maximum atomic E-state index is 4.47. The summed E-state index contributed by atoms with van der Waals surface area (Å²) in [6, 6.07) is 0.752. The molecule has 0 aromatic carbocycles. The molecule has 0 spiro atoms. The predicted octanol–water partition coefficient (Wildman–Crippen LogP) is 3.33. The molecule has 0 radical (unpaired) electrons. The smallest absolute Gasteiger partial charge is 0.0960 e. The summed E-state index contributed by atoms with van der Waals surface area (Å²) >= 11 is 0. The number of aliphatic imine (C=N–C) groups is 1. The Morgan fingerprint density at radius 3 is 2.50 bits per heavy atom. The van der Waals surface area contributed by atoms with Crippen LogP contribution in [0.4, 0.5) is 0 Å². The molecule has 1 aliphatic heterocycles. The summed E-state index contributed by atoms with van der Waals surface area (Å²) in [7, 11) is 0. The highest BCUT2D eigenvalue weighted by Gasteiger charge is 2.19. The minimum atomic E-state index is 0.752. The summed E-state index contributed by atoms with van der Waals surface area (Å²) in [6.45, 7) is 12.8. The maximum absolute atomic E-state index is 4.47. The highest BCUT2D eigenvalue weighted by atomic mass is 15.2. The summed E-state index contributed by atoms with van der Waals surface area (Å²) in [5.74, 6) is 1.25. The van der Waals surface area contributed by atoms with Crippen molar-refractivity contribution in [2.24, 2.45) is 4.99 Å². The topological polar surface area (TPSA) is 15.6 Å².